The van der Waals surface area contributed by atoms with E-state index in [0.717, 1.165) is 0 Å². The Kier molecular flexibility index (Phi) is 4.76. The van der Waals surface area contributed by atoms with E-state index < -0.39 is 16.8 Å². The Morgan fingerprint density at radius 2 is 2.14 bits per heavy atom. The Labute approximate surface area is 134 Å². The first-order valence-electron chi connectivity index (χ1n) is 6.36. The van der Waals surface area contributed by atoms with Crippen molar-refractivity contribution in [3.63, 3.8) is 0 Å². The first-order chi connectivity index (χ1) is 9.90. The molecule has 1 fully saturated rings. The number of rotatable bonds is 3. The monoisotopic (exact) mass is 404 g/mol. The molecule has 7 nitrogen and oxygen atoms in total. The van der Waals surface area contributed by atoms with Crippen LogP contribution in [0.4, 0.5) is 5.69 Å². The van der Waals surface area contributed by atoms with Gasteiger partial charge in [-0.2, -0.15) is 0 Å². The first-order valence-corrected chi connectivity index (χ1v) is 7.44. The summed E-state index contributed by atoms with van der Waals surface area (Å²) in [7, 11) is 0. The van der Waals surface area contributed by atoms with Gasteiger partial charge in [-0.05, 0) is 41.5 Å². The minimum atomic E-state index is -0.916. The third kappa shape index (κ3) is 3.49. The van der Waals surface area contributed by atoms with Crippen LogP contribution in [0.25, 0.3) is 0 Å². The molecule has 1 amide bonds. The molecule has 1 unspecified atom stereocenters. The summed E-state index contributed by atoms with van der Waals surface area (Å²) in [4.78, 5) is 35.2. The highest BCUT2D eigenvalue weighted by Crippen LogP contribution is 2.24. The zero-order chi connectivity index (χ0) is 15.6. The Morgan fingerprint density at radius 1 is 1.43 bits per heavy atom. The molecule has 1 aromatic rings. The van der Waals surface area contributed by atoms with Crippen molar-refractivity contribution in [2.45, 2.75) is 12.8 Å². The smallest absolute Gasteiger partial charge is 0.308 e. The molecule has 1 saturated heterocycles. The molecule has 1 aliphatic rings. The number of carboxylic acids is 1. The van der Waals surface area contributed by atoms with Gasteiger partial charge in [0, 0.05) is 28.8 Å². The number of aliphatic carboxylic acids is 1. The molecule has 2 rings (SSSR count). The molecular formula is C13H13IN2O5. The Balaban J connectivity index is 2.25. The van der Waals surface area contributed by atoms with E-state index >= 15 is 0 Å². The van der Waals surface area contributed by atoms with E-state index in [1.165, 1.54) is 23.1 Å². The van der Waals surface area contributed by atoms with Crippen molar-refractivity contribution in [1.82, 2.24) is 4.90 Å². The van der Waals surface area contributed by atoms with Crippen molar-refractivity contribution >= 4 is 40.2 Å². The third-order valence-electron chi connectivity index (χ3n) is 3.45. The van der Waals surface area contributed by atoms with Gasteiger partial charge in [0.1, 0.15) is 0 Å². The van der Waals surface area contributed by atoms with Gasteiger partial charge >= 0.3 is 5.97 Å². The molecule has 0 radical (unpaired) electrons. The summed E-state index contributed by atoms with van der Waals surface area (Å²) >= 11 is 1.94. The number of piperidine rings is 1. The minimum absolute atomic E-state index is 0.146. The van der Waals surface area contributed by atoms with Crippen LogP contribution >= 0.6 is 22.6 Å². The Hall–Kier alpha value is -1.71. The van der Waals surface area contributed by atoms with Crippen molar-refractivity contribution in [3.05, 3.63) is 37.4 Å². The van der Waals surface area contributed by atoms with E-state index in [4.69, 9.17) is 5.11 Å². The van der Waals surface area contributed by atoms with Crippen molar-refractivity contribution < 1.29 is 19.6 Å². The fraction of sp³-hybridized carbons (Fsp3) is 0.385. The molecule has 0 aromatic heterocycles. The van der Waals surface area contributed by atoms with Crippen LogP contribution in [0, 0.1) is 19.6 Å². The van der Waals surface area contributed by atoms with E-state index in [1.54, 1.807) is 0 Å². The predicted octanol–water partition coefficient (Wildman–Crippen LogP) is 2.14. The van der Waals surface area contributed by atoms with Crippen molar-refractivity contribution in [2.24, 2.45) is 5.92 Å². The number of halogens is 1. The number of benzene rings is 1. The quantitative estimate of drug-likeness (QED) is 0.473. The SMILES string of the molecule is O=C(O)C1CCCN(C(=O)c2cc([N+](=O)[O-])ccc2I)C1. The zero-order valence-electron chi connectivity index (χ0n) is 11.0. The highest BCUT2D eigenvalue weighted by atomic mass is 127. The number of hydrogen-bond donors (Lipinski definition) is 1. The summed E-state index contributed by atoms with van der Waals surface area (Å²) in [5.41, 5.74) is 0.0985. The van der Waals surface area contributed by atoms with E-state index in [1.807, 2.05) is 22.6 Å². The van der Waals surface area contributed by atoms with Crippen LogP contribution in [-0.2, 0) is 4.79 Å². The van der Waals surface area contributed by atoms with Gasteiger partial charge in [0.25, 0.3) is 11.6 Å². The molecule has 1 atom stereocenters. The molecule has 1 N–H and O–H groups in total. The number of nitro groups is 1. The number of likely N-dealkylation sites (tertiary alicyclic amines) is 1. The summed E-state index contributed by atoms with van der Waals surface area (Å²) in [6.07, 6.45) is 1.17. The van der Waals surface area contributed by atoms with Crippen molar-refractivity contribution in [3.8, 4) is 0 Å². The highest BCUT2D eigenvalue weighted by Gasteiger charge is 2.29. The number of hydrogen-bond acceptors (Lipinski definition) is 4. The van der Waals surface area contributed by atoms with Gasteiger partial charge < -0.3 is 10.0 Å². The van der Waals surface area contributed by atoms with Gasteiger partial charge in [0.05, 0.1) is 16.4 Å². The van der Waals surface area contributed by atoms with Crippen LogP contribution in [0.3, 0.4) is 0 Å². The molecule has 1 heterocycles. The van der Waals surface area contributed by atoms with Crippen LogP contribution in [0.15, 0.2) is 18.2 Å². The zero-order valence-corrected chi connectivity index (χ0v) is 13.1. The number of non-ortho nitro benzene ring substituents is 1. The molecule has 112 valence electrons. The number of amides is 1. The number of nitrogens with zero attached hydrogens (tertiary/aromatic N) is 2. The van der Waals surface area contributed by atoms with E-state index in [9.17, 15) is 19.7 Å². The topological polar surface area (TPSA) is 101 Å². The van der Waals surface area contributed by atoms with Crippen molar-refractivity contribution in [1.29, 1.82) is 0 Å². The standard InChI is InChI=1S/C13H13IN2O5/c14-11-4-3-9(16(20)21)6-10(11)12(17)15-5-1-2-8(7-15)13(18)19/h3-4,6,8H,1-2,5,7H2,(H,18,19). The maximum absolute atomic E-state index is 12.5. The second-order valence-corrected chi connectivity index (χ2v) is 6.01. The summed E-state index contributed by atoms with van der Waals surface area (Å²) in [6, 6.07) is 4.11. The van der Waals surface area contributed by atoms with Gasteiger partial charge in [-0.25, -0.2) is 0 Å². The number of nitro benzene ring substituents is 1. The van der Waals surface area contributed by atoms with E-state index in [2.05, 4.69) is 0 Å². The van der Waals surface area contributed by atoms with E-state index in [-0.39, 0.29) is 23.7 Å². The van der Waals surface area contributed by atoms with Gasteiger partial charge in [0.2, 0.25) is 0 Å². The van der Waals surface area contributed by atoms with Crippen LogP contribution in [0.2, 0.25) is 0 Å². The van der Waals surface area contributed by atoms with Crippen LogP contribution in [0.1, 0.15) is 23.2 Å². The number of carbonyl (C=O) groups excluding carboxylic acids is 1. The third-order valence-corrected chi connectivity index (χ3v) is 4.39. The fourth-order valence-electron chi connectivity index (χ4n) is 2.32. The fourth-order valence-corrected chi connectivity index (χ4v) is 2.89. The van der Waals surface area contributed by atoms with Gasteiger partial charge in [-0.15, -0.1) is 0 Å². The Bertz CT molecular complexity index is 604. The lowest BCUT2D eigenvalue weighted by atomic mass is 9.97. The number of carboxylic acid groups (broad SMARTS) is 1. The molecule has 21 heavy (non-hydrogen) atoms. The van der Waals surface area contributed by atoms with Crippen molar-refractivity contribution in [2.75, 3.05) is 13.1 Å². The van der Waals surface area contributed by atoms with Crippen LogP contribution in [-0.4, -0.2) is 39.9 Å². The summed E-state index contributed by atoms with van der Waals surface area (Å²) < 4.78 is 0.612. The summed E-state index contributed by atoms with van der Waals surface area (Å²) in [5, 5.41) is 19.9. The Morgan fingerprint density at radius 3 is 2.76 bits per heavy atom. The molecular weight excluding hydrogens is 391 g/mol. The average molecular weight is 404 g/mol. The predicted molar refractivity (Wildman–Crippen MR) is 82.1 cm³/mol. The largest absolute Gasteiger partial charge is 0.481 e. The summed E-state index contributed by atoms with van der Waals surface area (Å²) in [5.74, 6) is -1.84. The number of carbonyl (C=O) groups is 2. The highest BCUT2D eigenvalue weighted by molar-refractivity contribution is 14.1. The maximum Gasteiger partial charge on any atom is 0.308 e. The maximum atomic E-state index is 12.5. The lowest BCUT2D eigenvalue weighted by Gasteiger charge is -2.31. The van der Waals surface area contributed by atoms with Gasteiger partial charge in [0.15, 0.2) is 0 Å². The van der Waals surface area contributed by atoms with Gasteiger partial charge in [-0.3, -0.25) is 19.7 Å². The molecule has 1 aromatic carbocycles. The minimum Gasteiger partial charge on any atom is -0.481 e. The van der Waals surface area contributed by atoms with E-state index in [0.29, 0.717) is 23.0 Å². The lowest BCUT2D eigenvalue weighted by Crippen LogP contribution is -2.42. The van der Waals surface area contributed by atoms with Crippen LogP contribution < -0.4 is 0 Å². The molecule has 0 saturated carbocycles. The second-order valence-electron chi connectivity index (χ2n) is 4.85. The van der Waals surface area contributed by atoms with Crippen LogP contribution in [0.5, 0.6) is 0 Å². The molecule has 0 aliphatic carbocycles. The van der Waals surface area contributed by atoms with Gasteiger partial charge in [-0.1, -0.05) is 0 Å². The molecule has 0 spiro atoms. The molecule has 1 aliphatic heterocycles. The summed E-state index contributed by atoms with van der Waals surface area (Å²) in [6.45, 7) is 0.619. The molecule has 8 heteroatoms. The normalized spacial score (nSPS) is 18.3. The lowest BCUT2D eigenvalue weighted by molar-refractivity contribution is -0.384. The average Bonchev–Trinajstić information content (AvgIpc) is 2.47. The first kappa shape index (κ1) is 15.7. The molecule has 0 bridgehead atoms. The second kappa shape index (κ2) is 6.37.